The van der Waals surface area contributed by atoms with Gasteiger partial charge < -0.3 is 16.0 Å². The molecule has 0 aliphatic heterocycles. The van der Waals surface area contributed by atoms with Crippen molar-refractivity contribution in [1.82, 2.24) is 9.62 Å². The Labute approximate surface area is 165 Å². The van der Waals surface area contributed by atoms with Crippen molar-refractivity contribution in [2.24, 2.45) is 0 Å². The fourth-order valence-electron chi connectivity index (χ4n) is 2.35. The van der Waals surface area contributed by atoms with Crippen LogP contribution in [0.2, 0.25) is 0 Å². The van der Waals surface area contributed by atoms with Gasteiger partial charge in [0.05, 0.1) is 12.8 Å². The summed E-state index contributed by atoms with van der Waals surface area (Å²) in [5.41, 5.74) is 3.07. The van der Waals surface area contributed by atoms with Crippen LogP contribution in [0.1, 0.15) is 11.1 Å². The zero-order chi connectivity index (χ0) is 20.7. The van der Waals surface area contributed by atoms with E-state index in [1.54, 1.807) is 30.3 Å². The van der Waals surface area contributed by atoms with Crippen LogP contribution in [0.15, 0.2) is 48.5 Å². The van der Waals surface area contributed by atoms with Crippen molar-refractivity contribution < 1.29 is 18.0 Å². The van der Waals surface area contributed by atoms with Crippen molar-refractivity contribution >= 4 is 33.3 Å². The number of aryl methyl sites for hydroxylation is 1. The molecule has 0 saturated carbocycles. The SMILES string of the molecule is Cc1cccc(NC(=O)Nc2cccc(CNC(=O)CN(C)S(C)(=O)=O)c2)c1. The molecule has 0 unspecified atom stereocenters. The molecule has 0 aromatic heterocycles. The van der Waals surface area contributed by atoms with Crippen molar-refractivity contribution in [3.8, 4) is 0 Å². The molecular weight excluding hydrogens is 380 g/mol. The molecule has 0 fully saturated rings. The lowest BCUT2D eigenvalue weighted by atomic mass is 10.2. The molecule has 0 atom stereocenters. The fraction of sp³-hybridized carbons (Fsp3) is 0.263. The molecule has 0 saturated heterocycles. The first-order valence-corrected chi connectivity index (χ1v) is 10.4. The number of benzene rings is 2. The molecule has 3 N–H and O–H groups in total. The first kappa shape index (κ1) is 21.4. The lowest BCUT2D eigenvalue weighted by Crippen LogP contribution is -2.37. The summed E-state index contributed by atoms with van der Waals surface area (Å²) in [5.74, 6) is -0.413. The molecule has 0 spiro atoms. The van der Waals surface area contributed by atoms with Gasteiger partial charge in [-0.05, 0) is 42.3 Å². The third-order valence-electron chi connectivity index (χ3n) is 3.88. The number of nitrogens with one attached hydrogen (secondary N) is 3. The molecule has 9 heteroatoms. The van der Waals surface area contributed by atoms with Gasteiger partial charge in [-0.1, -0.05) is 24.3 Å². The van der Waals surface area contributed by atoms with Crippen molar-refractivity contribution in [2.45, 2.75) is 13.5 Å². The Bertz CT molecular complexity index is 960. The molecule has 28 heavy (non-hydrogen) atoms. The minimum atomic E-state index is -3.41. The van der Waals surface area contributed by atoms with E-state index in [4.69, 9.17) is 0 Å². The number of hydrogen-bond acceptors (Lipinski definition) is 4. The molecule has 0 aliphatic carbocycles. The molecule has 2 aromatic carbocycles. The largest absolute Gasteiger partial charge is 0.351 e. The summed E-state index contributed by atoms with van der Waals surface area (Å²) < 4.78 is 23.6. The highest BCUT2D eigenvalue weighted by molar-refractivity contribution is 7.88. The maximum atomic E-state index is 12.1. The molecule has 150 valence electrons. The van der Waals surface area contributed by atoms with Crippen molar-refractivity contribution in [3.63, 3.8) is 0 Å². The second kappa shape index (κ2) is 9.34. The van der Waals surface area contributed by atoms with Crippen LogP contribution in [0.5, 0.6) is 0 Å². The van der Waals surface area contributed by atoms with Crippen LogP contribution in [0.3, 0.4) is 0 Å². The first-order valence-electron chi connectivity index (χ1n) is 8.55. The van der Waals surface area contributed by atoms with Gasteiger partial charge in [0.1, 0.15) is 0 Å². The predicted molar refractivity (Wildman–Crippen MR) is 110 cm³/mol. The van der Waals surface area contributed by atoms with E-state index >= 15 is 0 Å². The van der Waals surface area contributed by atoms with Gasteiger partial charge in [-0.25, -0.2) is 13.2 Å². The number of sulfonamides is 1. The molecule has 0 aliphatic rings. The van der Waals surface area contributed by atoms with Crippen LogP contribution in [0.4, 0.5) is 16.2 Å². The molecular formula is C19H24N4O4S. The first-order chi connectivity index (χ1) is 13.1. The topological polar surface area (TPSA) is 108 Å². The van der Waals surface area contributed by atoms with Gasteiger partial charge in [-0.3, -0.25) is 4.79 Å². The number of anilines is 2. The summed E-state index contributed by atoms with van der Waals surface area (Å²) in [5, 5.41) is 8.15. The van der Waals surface area contributed by atoms with Gasteiger partial charge in [-0.15, -0.1) is 0 Å². The monoisotopic (exact) mass is 404 g/mol. The highest BCUT2D eigenvalue weighted by Crippen LogP contribution is 2.13. The Kier molecular flexibility index (Phi) is 7.13. The number of rotatable bonds is 7. The third kappa shape index (κ3) is 7.01. The molecule has 8 nitrogen and oxygen atoms in total. The number of hydrogen-bond donors (Lipinski definition) is 3. The zero-order valence-electron chi connectivity index (χ0n) is 16.0. The average Bonchev–Trinajstić information content (AvgIpc) is 2.59. The second-order valence-electron chi connectivity index (χ2n) is 6.44. The number of likely N-dealkylation sites (N-methyl/N-ethyl adjacent to an activating group) is 1. The Morgan fingerprint density at radius 3 is 2.21 bits per heavy atom. The molecule has 2 rings (SSSR count). The van der Waals surface area contributed by atoms with Gasteiger partial charge in [-0.2, -0.15) is 4.31 Å². The normalized spacial score (nSPS) is 11.1. The fourth-order valence-corrected chi connectivity index (χ4v) is 2.70. The lowest BCUT2D eigenvalue weighted by Gasteiger charge is -2.14. The average molecular weight is 404 g/mol. The lowest BCUT2D eigenvalue weighted by molar-refractivity contribution is -0.121. The second-order valence-corrected chi connectivity index (χ2v) is 8.53. The van der Waals surface area contributed by atoms with Gasteiger partial charge in [0, 0.05) is 25.0 Å². The maximum Gasteiger partial charge on any atom is 0.323 e. The highest BCUT2D eigenvalue weighted by Gasteiger charge is 2.14. The van der Waals surface area contributed by atoms with E-state index in [2.05, 4.69) is 16.0 Å². The van der Waals surface area contributed by atoms with Crippen molar-refractivity contribution in [2.75, 3.05) is 30.5 Å². The Hall–Kier alpha value is -2.91. The van der Waals surface area contributed by atoms with Crippen molar-refractivity contribution in [3.05, 3.63) is 59.7 Å². The van der Waals surface area contributed by atoms with Gasteiger partial charge in [0.25, 0.3) is 0 Å². The summed E-state index contributed by atoms with van der Waals surface area (Å²) >= 11 is 0. The number of carbonyl (C=O) groups excluding carboxylic acids is 2. The van der Waals surface area contributed by atoms with Gasteiger partial charge in [0.2, 0.25) is 15.9 Å². The Balaban J connectivity index is 1.89. The summed E-state index contributed by atoms with van der Waals surface area (Å²) in [4.78, 5) is 24.0. The van der Waals surface area contributed by atoms with Gasteiger partial charge >= 0.3 is 6.03 Å². The highest BCUT2D eigenvalue weighted by atomic mass is 32.2. The van der Waals surface area contributed by atoms with Crippen LogP contribution in [0.25, 0.3) is 0 Å². The molecule has 0 heterocycles. The van der Waals surface area contributed by atoms with Crippen molar-refractivity contribution in [1.29, 1.82) is 0 Å². The van der Waals surface area contributed by atoms with E-state index in [0.29, 0.717) is 11.4 Å². The number of carbonyl (C=O) groups is 2. The van der Waals surface area contributed by atoms with E-state index in [-0.39, 0.29) is 19.1 Å². The minimum Gasteiger partial charge on any atom is -0.351 e. The smallest absolute Gasteiger partial charge is 0.323 e. The summed E-state index contributed by atoms with van der Waals surface area (Å²) in [6.45, 7) is 1.90. The summed E-state index contributed by atoms with van der Waals surface area (Å²) in [6.07, 6.45) is 1.04. The maximum absolute atomic E-state index is 12.1. The molecule has 0 bridgehead atoms. The standard InChI is InChI=1S/C19H24N4O4S/c1-14-6-4-8-16(10-14)21-19(25)22-17-9-5-7-15(11-17)12-20-18(24)13-23(2)28(3,26)27/h4-11H,12-13H2,1-3H3,(H,20,24)(H2,21,22,25). The zero-order valence-corrected chi connectivity index (χ0v) is 16.8. The Morgan fingerprint density at radius 1 is 1.00 bits per heavy atom. The molecule has 0 radical (unpaired) electrons. The van der Waals surface area contributed by atoms with Crippen LogP contribution >= 0.6 is 0 Å². The van der Waals surface area contributed by atoms with E-state index in [9.17, 15) is 18.0 Å². The quantitative estimate of drug-likeness (QED) is 0.657. The van der Waals surface area contributed by atoms with Crippen LogP contribution < -0.4 is 16.0 Å². The summed E-state index contributed by atoms with van der Waals surface area (Å²) in [6, 6.07) is 14.1. The van der Waals surface area contributed by atoms with E-state index in [1.807, 2.05) is 25.1 Å². The molecule has 2 aromatic rings. The summed E-state index contributed by atoms with van der Waals surface area (Å²) in [7, 11) is -2.07. The Morgan fingerprint density at radius 2 is 1.61 bits per heavy atom. The van der Waals surface area contributed by atoms with Crippen LogP contribution in [0, 0.1) is 6.92 Å². The number of urea groups is 1. The minimum absolute atomic E-state index is 0.214. The third-order valence-corrected chi connectivity index (χ3v) is 5.14. The number of nitrogens with zero attached hydrogens (tertiary/aromatic N) is 1. The number of amides is 3. The van der Waals surface area contributed by atoms with Crippen LogP contribution in [-0.2, 0) is 21.4 Å². The van der Waals surface area contributed by atoms with E-state index in [1.165, 1.54) is 7.05 Å². The predicted octanol–water partition coefficient (Wildman–Crippen LogP) is 2.15. The molecule has 3 amide bonds. The van der Waals surface area contributed by atoms with Crippen LogP contribution in [-0.4, -0.2) is 44.5 Å². The van der Waals surface area contributed by atoms with E-state index < -0.39 is 15.9 Å². The van der Waals surface area contributed by atoms with E-state index in [0.717, 1.165) is 21.7 Å². The van der Waals surface area contributed by atoms with Gasteiger partial charge in [0.15, 0.2) is 0 Å².